The van der Waals surface area contributed by atoms with E-state index in [4.69, 9.17) is 28.2 Å². The average Bonchev–Trinajstić information content (AvgIpc) is 3.14. The molecule has 0 spiro atoms. The Kier molecular flexibility index (Phi) is 5.76. The molecule has 0 bridgehead atoms. The summed E-state index contributed by atoms with van der Waals surface area (Å²) in [6.07, 6.45) is 4.05. The average molecular weight is 484 g/mol. The van der Waals surface area contributed by atoms with E-state index in [1.54, 1.807) is 29.5 Å². The lowest BCUT2D eigenvalue weighted by atomic mass is 9.97. The summed E-state index contributed by atoms with van der Waals surface area (Å²) >= 11 is 13.7. The zero-order chi connectivity index (χ0) is 22.2. The van der Waals surface area contributed by atoms with Crippen LogP contribution in [-0.2, 0) is 24.2 Å². The molecule has 162 valence electrons. The predicted molar refractivity (Wildman–Crippen MR) is 131 cm³/mol. The molecule has 2 heterocycles. The number of aromatic nitrogens is 2. The van der Waals surface area contributed by atoms with Gasteiger partial charge in [0.05, 0.1) is 5.39 Å². The standard InChI is InChI=1S/C24H19Cl2N3O2S/c25-15-10-16(26)12-17(11-15)27-20(30)13-29-22(14-6-2-1-3-7-14)28-23-21(24(29)31)18-8-4-5-9-19(18)32-23/h1-3,6-7,10-12H,4-5,8-9,13H2,(H,27,30). The normalized spacial score (nSPS) is 13.2. The number of carbonyl (C=O) groups excluding carboxylic acids is 1. The number of hydrogen-bond donors (Lipinski definition) is 1. The molecule has 0 unspecified atom stereocenters. The van der Waals surface area contributed by atoms with Crippen molar-refractivity contribution in [1.82, 2.24) is 9.55 Å². The molecule has 5 nitrogen and oxygen atoms in total. The summed E-state index contributed by atoms with van der Waals surface area (Å²) in [5, 5.41) is 4.28. The first kappa shape index (κ1) is 21.2. The number of fused-ring (bicyclic) bond motifs is 3. The molecule has 0 atom stereocenters. The van der Waals surface area contributed by atoms with Crippen LogP contribution < -0.4 is 10.9 Å². The minimum absolute atomic E-state index is 0.166. The fourth-order valence-corrected chi connectivity index (χ4v) is 5.94. The van der Waals surface area contributed by atoms with Crippen LogP contribution in [0.4, 0.5) is 5.69 Å². The Labute approximate surface area is 198 Å². The fraction of sp³-hybridized carbons (Fsp3) is 0.208. The van der Waals surface area contributed by atoms with Crippen molar-refractivity contribution < 1.29 is 4.79 Å². The van der Waals surface area contributed by atoms with Crippen LogP contribution >= 0.6 is 34.5 Å². The molecule has 0 saturated heterocycles. The number of nitrogens with zero attached hydrogens (tertiary/aromatic N) is 2. The van der Waals surface area contributed by atoms with Crippen molar-refractivity contribution >= 4 is 56.3 Å². The molecular weight excluding hydrogens is 465 g/mol. The zero-order valence-corrected chi connectivity index (χ0v) is 19.4. The van der Waals surface area contributed by atoms with Gasteiger partial charge in [-0.2, -0.15) is 0 Å². The Bertz CT molecular complexity index is 1380. The second-order valence-corrected chi connectivity index (χ2v) is 9.75. The molecule has 0 saturated carbocycles. The Morgan fingerprint density at radius 1 is 1.06 bits per heavy atom. The van der Waals surface area contributed by atoms with Crippen molar-refractivity contribution in [2.75, 3.05) is 5.32 Å². The lowest BCUT2D eigenvalue weighted by Gasteiger charge is -2.14. The van der Waals surface area contributed by atoms with Gasteiger partial charge in [0.1, 0.15) is 17.2 Å². The molecule has 1 aliphatic carbocycles. The third-order valence-corrected chi connectivity index (χ3v) is 7.18. The van der Waals surface area contributed by atoms with Crippen LogP contribution in [0.25, 0.3) is 21.6 Å². The molecular formula is C24H19Cl2N3O2S. The van der Waals surface area contributed by atoms with Gasteiger partial charge >= 0.3 is 0 Å². The van der Waals surface area contributed by atoms with Crippen LogP contribution in [0.15, 0.2) is 53.3 Å². The molecule has 2 aromatic carbocycles. The minimum atomic E-state index is -0.354. The quantitative estimate of drug-likeness (QED) is 0.390. The molecule has 0 fully saturated rings. The van der Waals surface area contributed by atoms with Crippen molar-refractivity contribution in [3.8, 4) is 11.4 Å². The van der Waals surface area contributed by atoms with Crippen molar-refractivity contribution in [3.63, 3.8) is 0 Å². The first-order valence-corrected chi connectivity index (χ1v) is 11.9. The van der Waals surface area contributed by atoms with Crippen LogP contribution in [0.3, 0.4) is 0 Å². The van der Waals surface area contributed by atoms with Crippen molar-refractivity contribution in [2.45, 2.75) is 32.2 Å². The van der Waals surface area contributed by atoms with Gasteiger partial charge in [0, 0.05) is 26.2 Å². The maximum atomic E-state index is 13.7. The van der Waals surface area contributed by atoms with E-state index in [0.717, 1.165) is 41.6 Å². The van der Waals surface area contributed by atoms with E-state index in [-0.39, 0.29) is 18.0 Å². The van der Waals surface area contributed by atoms with Crippen LogP contribution in [0, 0.1) is 0 Å². The zero-order valence-electron chi connectivity index (χ0n) is 17.0. The number of nitrogens with one attached hydrogen (secondary N) is 1. The van der Waals surface area contributed by atoms with E-state index < -0.39 is 0 Å². The van der Waals surface area contributed by atoms with Crippen LogP contribution in [0.5, 0.6) is 0 Å². The van der Waals surface area contributed by atoms with Gasteiger partial charge in [-0.05, 0) is 49.4 Å². The number of anilines is 1. The second-order valence-electron chi connectivity index (χ2n) is 7.79. The molecule has 8 heteroatoms. The number of thiophene rings is 1. The van der Waals surface area contributed by atoms with E-state index in [1.807, 2.05) is 30.3 Å². The van der Waals surface area contributed by atoms with E-state index in [0.29, 0.717) is 26.9 Å². The Morgan fingerprint density at radius 2 is 1.78 bits per heavy atom. The second kappa shape index (κ2) is 8.70. The molecule has 2 aromatic heterocycles. The minimum Gasteiger partial charge on any atom is -0.324 e. The summed E-state index contributed by atoms with van der Waals surface area (Å²) in [5.41, 5.74) is 2.19. The lowest BCUT2D eigenvalue weighted by Crippen LogP contribution is -2.30. The van der Waals surface area contributed by atoms with Gasteiger partial charge in [-0.15, -0.1) is 11.3 Å². The molecule has 5 rings (SSSR count). The van der Waals surface area contributed by atoms with Crippen molar-refractivity contribution in [3.05, 3.63) is 79.4 Å². The molecule has 4 aromatic rings. The van der Waals surface area contributed by atoms with Gasteiger partial charge in [-0.1, -0.05) is 53.5 Å². The van der Waals surface area contributed by atoms with Crippen LogP contribution in [0.2, 0.25) is 10.0 Å². The number of hydrogen-bond acceptors (Lipinski definition) is 4. The summed E-state index contributed by atoms with van der Waals surface area (Å²) in [6.45, 7) is -0.166. The largest absolute Gasteiger partial charge is 0.324 e. The highest BCUT2D eigenvalue weighted by atomic mass is 35.5. The summed E-state index contributed by atoms with van der Waals surface area (Å²) in [7, 11) is 0. The highest BCUT2D eigenvalue weighted by molar-refractivity contribution is 7.18. The number of amides is 1. The molecule has 1 amide bonds. The monoisotopic (exact) mass is 483 g/mol. The summed E-state index contributed by atoms with van der Waals surface area (Å²) in [4.78, 5) is 33.4. The Balaban J connectivity index is 1.60. The molecule has 0 aliphatic heterocycles. The van der Waals surface area contributed by atoms with Crippen molar-refractivity contribution in [1.29, 1.82) is 0 Å². The molecule has 1 N–H and O–H groups in total. The fourth-order valence-electron chi connectivity index (χ4n) is 4.16. The summed E-state index contributed by atoms with van der Waals surface area (Å²) in [6, 6.07) is 14.3. The first-order valence-electron chi connectivity index (χ1n) is 10.4. The molecule has 0 radical (unpaired) electrons. The summed E-state index contributed by atoms with van der Waals surface area (Å²) in [5.74, 6) is 0.133. The third-order valence-electron chi connectivity index (χ3n) is 5.55. The number of benzene rings is 2. The van der Waals surface area contributed by atoms with Gasteiger partial charge in [0.15, 0.2) is 0 Å². The van der Waals surface area contributed by atoms with Gasteiger partial charge in [0.2, 0.25) is 5.91 Å². The maximum Gasteiger partial charge on any atom is 0.263 e. The number of carbonyl (C=O) groups is 1. The van der Waals surface area contributed by atoms with E-state index >= 15 is 0 Å². The first-order chi connectivity index (χ1) is 15.5. The topological polar surface area (TPSA) is 64.0 Å². The van der Waals surface area contributed by atoms with Crippen molar-refractivity contribution in [2.24, 2.45) is 0 Å². The van der Waals surface area contributed by atoms with E-state index in [1.165, 1.54) is 9.44 Å². The van der Waals surface area contributed by atoms with Gasteiger partial charge in [-0.3, -0.25) is 14.2 Å². The van der Waals surface area contributed by atoms with Gasteiger partial charge < -0.3 is 5.32 Å². The number of halogens is 2. The smallest absolute Gasteiger partial charge is 0.263 e. The Morgan fingerprint density at radius 3 is 2.53 bits per heavy atom. The van der Waals surface area contributed by atoms with Crippen LogP contribution in [0.1, 0.15) is 23.3 Å². The lowest BCUT2D eigenvalue weighted by molar-refractivity contribution is -0.116. The number of aryl methyl sites for hydroxylation is 2. The summed E-state index contributed by atoms with van der Waals surface area (Å²) < 4.78 is 1.47. The van der Waals surface area contributed by atoms with Crippen LogP contribution in [-0.4, -0.2) is 15.5 Å². The molecule has 1 aliphatic rings. The number of rotatable bonds is 4. The highest BCUT2D eigenvalue weighted by Gasteiger charge is 2.23. The van der Waals surface area contributed by atoms with E-state index in [9.17, 15) is 9.59 Å². The third kappa shape index (κ3) is 4.06. The predicted octanol–water partition coefficient (Wildman–Crippen LogP) is 5.95. The molecule has 32 heavy (non-hydrogen) atoms. The SMILES string of the molecule is O=C(Cn1c(-c2ccccc2)nc2sc3c(c2c1=O)CCCC3)Nc1cc(Cl)cc(Cl)c1. The van der Waals surface area contributed by atoms with E-state index in [2.05, 4.69) is 5.32 Å². The highest BCUT2D eigenvalue weighted by Crippen LogP contribution is 2.34. The maximum absolute atomic E-state index is 13.7. The van der Waals surface area contributed by atoms with Gasteiger partial charge in [-0.25, -0.2) is 4.98 Å². The van der Waals surface area contributed by atoms with Gasteiger partial charge in [0.25, 0.3) is 5.56 Å². The Hall–Kier alpha value is -2.67.